The average molecular weight is 268 g/mol. The molecule has 2 heteroatoms. The van der Waals surface area contributed by atoms with Crippen molar-refractivity contribution in [3.05, 3.63) is 0 Å². The maximum absolute atomic E-state index is 3.56. The Morgan fingerprint density at radius 2 is 1.84 bits per heavy atom. The summed E-state index contributed by atoms with van der Waals surface area (Å²) >= 11 is 0. The maximum atomic E-state index is 3.56. The van der Waals surface area contributed by atoms with Crippen molar-refractivity contribution in [1.82, 2.24) is 10.2 Å². The first-order chi connectivity index (χ1) is 8.90. The third-order valence-corrected chi connectivity index (χ3v) is 5.09. The highest BCUT2D eigenvalue weighted by atomic mass is 15.2. The highest BCUT2D eigenvalue weighted by Crippen LogP contribution is 2.39. The second-order valence-corrected chi connectivity index (χ2v) is 7.53. The Morgan fingerprint density at radius 3 is 2.37 bits per heavy atom. The topological polar surface area (TPSA) is 15.3 Å². The molecule has 3 atom stereocenters. The predicted octanol–water partition coefficient (Wildman–Crippen LogP) is 3.91. The van der Waals surface area contributed by atoms with Gasteiger partial charge in [0.15, 0.2) is 0 Å². The largest absolute Gasteiger partial charge is 0.315 e. The lowest BCUT2D eigenvalue weighted by atomic mass is 9.69. The molecular formula is C17H36N2. The minimum Gasteiger partial charge on any atom is -0.315 e. The molecule has 1 rings (SSSR count). The molecule has 0 aromatic heterocycles. The summed E-state index contributed by atoms with van der Waals surface area (Å²) in [6.45, 7) is 10.8. The van der Waals surface area contributed by atoms with E-state index in [0.717, 1.165) is 12.0 Å². The molecule has 0 amide bonds. The van der Waals surface area contributed by atoms with Gasteiger partial charge in [0.2, 0.25) is 0 Å². The molecule has 0 spiro atoms. The third-order valence-electron chi connectivity index (χ3n) is 5.09. The molecule has 19 heavy (non-hydrogen) atoms. The third kappa shape index (κ3) is 5.07. The summed E-state index contributed by atoms with van der Waals surface area (Å²) in [5, 5.41) is 3.56. The van der Waals surface area contributed by atoms with Crippen molar-refractivity contribution < 1.29 is 0 Å². The fraction of sp³-hybridized carbons (Fsp3) is 1.00. The monoisotopic (exact) mass is 268 g/mol. The van der Waals surface area contributed by atoms with Gasteiger partial charge in [-0.1, -0.05) is 40.5 Å². The molecule has 0 aliphatic heterocycles. The first-order valence-electron chi connectivity index (χ1n) is 8.27. The van der Waals surface area contributed by atoms with Gasteiger partial charge in [0.05, 0.1) is 0 Å². The molecule has 114 valence electrons. The summed E-state index contributed by atoms with van der Waals surface area (Å²) in [6.07, 6.45) is 8.11. The van der Waals surface area contributed by atoms with Crippen molar-refractivity contribution in [2.75, 3.05) is 20.6 Å². The van der Waals surface area contributed by atoms with Gasteiger partial charge in [-0.05, 0) is 57.7 Å². The van der Waals surface area contributed by atoms with Crippen molar-refractivity contribution >= 4 is 0 Å². The van der Waals surface area contributed by atoms with Gasteiger partial charge < -0.3 is 10.2 Å². The van der Waals surface area contributed by atoms with Crippen LogP contribution in [0.15, 0.2) is 0 Å². The maximum Gasteiger partial charge on any atom is 0.0249 e. The van der Waals surface area contributed by atoms with E-state index in [-0.39, 0.29) is 0 Å². The van der Waals surface area contributed by atoms with Crippen molar-refractivity contribution in [2.45, 2.75) is 78.3 Å². The first-order valence-corrected chi connectivity index (χ1v) is 8.27. The Bertz CT molecular complexity index is 244. The van der Waals surface area contributed by atoms with E-state index in [1.54, 1.807) is 0 Å². The van der Waals surface area contributed by atoms with E-state index in [2.05, 4.69) is 52.0 Å². The van der Waals surface area contributed by atoms with Crippen LogP contribution in [0.3, 0.4) is 0 Å². The van der Waals surface area contributed by atoms with E-state index in [1.165, 1.54) is 45.1 Å². The van der Waals surface area contributed by atoms with Crippen LogP contribution >= 0.6 is 0 Å². The highest BCUT2D eigenvalue weighted by Gasteiger charge is 2.36. The second kappa shape index (κ2) is 7.64. The Balaban J connectivity index is 2.58. The van der Waals surface area contributed by atoms with Gasteiger partial charge in [0, 0.05) is 12.1 Å². The summed E-state index contributed by atoms with van der Waals surface area (Å²) in [7, 11) is 4.46. The molecule has 3 unspecified atom stereocenters. The summed E-state index contributed by atoms with van der Waals surface area (Å²) in [6, 6.07) is 1.41. The molecule has 0 radical (unpaired) electrons. The van der Waals surface area contributed by atoms with E-state index < -0.39 is 0 Å². The quantitative estimate of drug-likeness (QED) is 0.735. The molecular weight excluding hydrogens is 232 g/mol. The lowest BCUT2D eigenvalue weighted by Gasteiger charge is -2.45. The lowest BCUT2D eigenvalue weighted by molar-refractivity contribution is 0.0739. The SMILES string of the molecule is CCCCCN(C)C1CC(C(C)(C)C)CCC1NC. The molecule has 1 fully saturated rings. The van der Waals surface area contributed by atoms with Crippen LogP contribution in [-0.4, -0.2) is 37.6 Å². The lowest BCUT2D eigenvalue weighted by Crippen LogP contribution is -2.52. The molecule has 1 aliphatic rings. The molecule has 0 saturated heterocycles. The summed E-state index contributed by atoms with van der Waals surface area (Å²) < 4.78 is 0. The van der Waals surface area contributed by atoms with E-state index in [1.807, 2.05) is 0 Å². The number of unbranched alkanes of at least 4 members (excludes halogenated alkanes) is 2. The van der Waals surface area contributed by atoms with E-state index in [0.29, 0.717) is 11.5 Å². The number of likely N-dealkylation sites (N-methyl/N-ethyl adjacent to an activating group) is 2. The zero-order chi connectivity index (χ0) is 14.5. The number of nitrogens with zero attached hydrogens (tertiary/aromatic N) is 1. The Kier molecular flexibility index (Phi) is 6.82. The normalized spacial score (nSPS) is 28.9. The predicted molar refractivity (Wildman–Crippen MR) is 85.6 cm³/mol. The summed E-state index contributed by atoms with van der Waals surface area (Å²) in [4.78, 5) is 2.62. The summed E-state index contributed by atoms with van der Waals surface area (Å²) in [5.41, 5.74) is 0.460. The van der Waals surface area contributed by atoms with Gasteiger partial charge in [0.1, 0.15) is 0 Å². The smallest absolute Gasteiger partial charge is 0.0249 e. The molecule has 0 heterocycles. The van der Waals surface area contributed by atoms with Crippen molar-refractivity contribution in [1.29, 1.82) is 0 Å². The second-order valence-electron chi connectivity index (χ2n) is 7.53. The highest BCUT2D eigenvalue weighted by molar-refractivity contribution is 4.92. The van der Waals surface area contributed by atoms with Gasteiger partial charge >= 0.3 is 0 Å². The van der Waals surface area contributed by atoms with Crippen LogP contribution in [0.2, 0.25) is 0 Å². The zero-order valence-electron chi connectivity index (χ0n) is 14.1. The molecule has 1 aliphatic carbocycles. The summed E-state index contributed by atoms with van der Waals surface area (Å²) in [5.74, 6) is 0.871. The van der Waals surface area contributed by atoms with Crippen molar-refractivity contribution in [2.24, 2.45) is 11.3 Å². The van der Waals surface area contributed by atoms with Gasteiger partial charge in [-0.2, -0.15) is 0 Å². The van der Waals surface area contributed by atoms with Crippen LogP contribution in [-0.2, 0) is 0 Å². The van der Waals surface area contributed by atoms with Crippen LogP contribution in [0.4, 0.5) is 0 Å². The molecule has 0 aromatic carbocycles. The van der Waals surface area contributed by atoms with Gasteiger partial charge in [-0.25, -0.2) is 0 Å². The number of nitrogens with one attached hydrogen (secondary N) is 1. The van der Waals surface area contributed by atoms with Crippen LogP contribution in [0.1, 0.15) is 66.2 Å². The van der Waals surface area contributed by atoms with Crippen molar-refractivity contribution in [3.8, 4) is 0 Å². The fourth-order valence-electron chi connectivity index (χ4n) is 3.53. The molecule has 1 N–H and O–H groups in total. The number of hydrogen-bond donors (Lipinski definition) is 1. The van der Waals surface area contributed by atoms with Gasteiger partial charge in [0.25, 0.3) is 0 Å². The fourth-order valence-corrected chi connectivity index (χ4v) is 3.53. The van der Waals surface area contributed by atoms with Crippen LogP contribution < -0.4 is 5.32 Å². The standard InChI is InChI=1S/C17H36N2/c1-7-8-9-12-19(6)16-13-14(17(2,3)4)10-11-15(16)18-5/h14-16,18H,7-13H2,1-6H3. The molecule has 0 bridgehead atoms. The molecule has 0 aromatic rings. The van der Waals surface area contributed by atoms with Crippen LogP contribution in [0.5, 0.6) is 0 Å². The first kappa shape index (κ1) is 17.0. The van der Waals surface area contributed by atoms with E-state index in [9.17, 15) is 0 Å². The Morgan fingerprint density at radius 1 is 1.16 bits per heavy atom. The minimum atomic E-state index is 0.460. The molecule has 2 nitrogen and oxygen atoms in total. The van der Waals surface area contributed by atoms with Crippen LogP contribution in [0, 0.1) is 11.3 Å². The number of rotatable bonds is 6. The van der Waals surface area contributed by atoms with Gasteiger partial charge in [-0.3, -0.25) is 0 Å². The number of hydrogen-bond acceptors (Lipinski definition) is 2. The van der Waals surface area contributed by atoms with E-state index in [4.69, 9.17) is 0 Å². The Labute approximate surface area is 121 Å². The van der Waals surface area contributed by atoms with E-state index >= 15 is 0 Å². The Hall–Kier alpha value is -0.0800. The minimum absolute atomic E-state index is 0.460. The zero-order valence-corrected chi connectivity index (χ0v) is 14.1. The molecule has 1 saturated carbocycles. The van der Waals surface area contributed by atoms with Gasteiger partial charge in [-0.15, -0.1) is 0 Å². The van der Waals surface area contributed by atoms with Crippen LogP contribution in [0.25, 0.3) is 0 Å². The van der Waals surface area contributed by atoms with Crippen molar-refractivity contribution in [3.63, 3.8) is 0 Å². The average Bonchev–Trinajstić information content (AvgIpc) is 2.37.